The summed E-state index contributed by atoms with van der Waals surface area (Å²) in [4.78, 5) is 14.0. The average molecular weight is 276 g/mol. The Morgan fingerprint density at radius 2 is 2.16 bits per heavy atom. The number of rotatable bonds is 5. The standard InChI is InChI=1S/C13H16N4OS/c1-2-8-17(10-11-6-4-3-5-7-11)13(18)15-12-9-14-16-19-12/h3-7,9H,2,8,10H2,1H3,(H,15,18). The molecule has 2 amide bonds. The molecule has 2 aromatic rings. The van der Waals surface area contributed by atoms with Gasteiger partial charge in [0.15, 0.2) is 0 Å². The molecule has 0 spiro atoms. The second-order valence-corrected chi connectivity index (χ2v) is 4.90. The van der Waals surface area contributed by atoms with Crippen LogP contribution >= 0.6 is 11.5 Å². The molecule has 1 N–H and O–H groups in total. The van der Waals surface area contributed by atoms with E-state index in [1.165, 1.54) is 11.5 Å². The number of anilines is 1. The summed E-state index contributed by atoms with van der Waals surface area (Å²) in [6.07, 6.45) is 2.47. The van der Waals surface area contributed by atoms with Crippen LogP contribution < -0.4 is 5.32 Å². The van der Waals surface area contributed by atoms with E-state index in [0.717, 1.165) is 12.0 Å². The van der Waals surface area contributed by atoms with E-state index < -0.39 is 0 Å². The van der Waals surface area contributed by atoms with Gasteiger partial charge in [-0.1, -0.05) is 41.7 Å². The van der Waals surface area contributed by atoms with E-state index in [9.17, 15) is 4.79 Å². The van der Waals surface area contributed by atoms with Gasteiger partial charge < -0.3 is 4.90 Å². The van der Waals surface area contributed by atoms with Crippen molar-refractivity contribution in [2.24, 2.45) is 0 Å². The van der Waals surface area contributed by atoms with Crippen LogP contribution in [0.2, 0.25) is 0 Å². The number of nitrogens with zero attached hydrogens (tertiary/aromatic N) is 3. The first-order valence-corrected chi connectivity index (χ1v) is 6.94. The number of hydrogen-bond acceptors (Lipinski definition) is 4. The van der Waals surface area contributed by atoms with Crippen molar-refractivity contribution in [3.8, 4) is 0 Å². The van der Waals surface area contributed by atoms with Gasteiger partial charge in [-0.15, -0.1) is 5.10 Å². The van der Waals surface area contributed by atoms with Gasteiger partial charge in [-0.25, -0.2) is 4.79 Å². The topological polar surface area (TPSA) is 58.1 Å². The normalized spacial score (nSPS) is 10.2. The van der Waals surface area contributed by atoms with E-state index >= 15 is 0 Å². The lowest BCUT2D eigenvalue weighted by atomic mass is 10.2. The van der Waals surface area contributed by atoms with Gasteiger partial charge in [0, 0.05) is 24.6 Å². The van der Waals surface area contributed by atoms with Crippen LogP contribution in [0.1, 0.15) is 18.9 Å². The average Bonchev–Trinajstić information content (AvgIpc) is 2.92. The van der Waals surface area contributed by atoms with Gasteiger partial charge in [-0.3, -0.25) is 5.32 Å². The molecule has 6 heteroatoms. The summed E-state index contributed by atoms with van der Waals surface area (Å²) in [5.74, 6) is 0. The van der Waals surface area contributed by atoms with Gasteiger partial charge in [-0.05, 0) is 12.0 Å². The minimum atomic E-state index is -0.114. The summed E-state index contributed by atoms with van der Waals surface area (Å²) in [5.41, 5.74) is 1.12. The molecule has 0 saturated carbocycles. The van der Waals surface area contributed by atoms with Crippen molar-refractivity contribution < 1.29 is 4.79 Å². The highest BCUT2D eigenvalue weighted by Crippen LogP contribution is 2.12. The molecule has 0 atom stereocenters. The minimum Gasteiger partial charge on any atom is -0.320 e. The van der Waals surface area contributed by atoms with E-state index in [0.29, 0.717) is 18.1 Å². The molecule has 1 heterocycles. The number of aromatic nitrogens is 2. The first-order valence-electron chi connectivity index (χ1n) is 6.17. The van der Waals surface area contributed by atoms with Crippen LogP contribution in [-0.2, 0) is 6.54 Å². The summed E-state index contributed by atoms with van der Waals surface area (Å²) in [7, 11) is 0. The Balaban J connectivity index is 2.00. The largest absolute Gasteiger partial charge is 0.322 e. The predicted octanol–water partition coefficient (Wildman–Crippen LogP) is 2.98. The fraction of sp³-hybridized carbons (Fsp3) is 0.308. The van der Waals surface area contributed by atoms with E-state index in [1.807, 2.05) is 30.3 Å². The molecule has 0 fully saturated rings. The number of amides is 2. The molecule has 0 unspecified atom stereocenters. The number of urea groups is 1. The third-order valence-electron chi connectivity index (χ3n) is 2.59. The maximum absolute atomic E-state index is 12.2. The third kappa shape index (κ3) is 4.03. The zero-order chi connectivity index (χ0) is 13.5. The maximum Gasteiger partial charge on any atom is 0.322 e. The van der Waals surface area contributed by atoms with E-state index in [2.05, 4.69) is 21.8 Å². The summed E-state index contributed by atoms with van der Waals surface area (Å²) >= 11 is 1.17. The fourth-order valence-corrected chi connectivity index (χ4v) is 2.14. The first kappa shape index (κ1) is 13.5. The number of carbonyl (C=O) groups excluding carboxylic acids is 1. The van der Waals surface area contributed by atoms with Crippen molar-refractivity contribution in [1.82, 2.24) is 14.5 Å². The molecule has 1 aromatic carbocycles. The molecule has 0 bridgehead atoms. The quantitative estimate of drug-likeness (QED) is 0.913. The first-order chi connectivity index (χ1) is 9.29. The van der Waals surface area contributed by atoms with Crippen molar-refractivity contribution in [1.29, 1.82) is 0 Å². The Morgan fingerprint density at radius 1 is 1.37 bits per heavy atom. The number of hydrogen-bond donors (Lipinski definition) is 1. The van der Waals surface area contributed by atoms with Crippen LogP contribution in [0.3, 0.4) is 0 Å². The van der Waals surface area contributed by atoms with Crippen LogP contribution in [0.5, 0.6) is 0 Å². The van der Waals surface area contributed by atoms with Gasteiger partial charge in [0.1, 0.15) is 5.00 Å². The Bertz CT molecular complexity index is 501. The monoisotopic (exact) mass is 276 g/mol. The number of benzene rings is 1. The van der Waals surface area contributed by atoms with Crippen LogP contribution in [0, 0.1) is 0 Å². The predicted molar refractivity (Wildman–Crippen MR) is 76.1 cm³/mol. The Labute approximate surface area is 116 Å². The zero-order valence-corrected chi connectivity index (χ0v) is 11.6. The summed E-state index contributed by atoms with van der Waals surface area (Å²) in [5, 5.41) is 7.17. The van der Waals surface area contributed by atoms with Crippen molar-refractivity contribution in [3.05, 3.63) is 42.1 Å². The van der Waals surface area contributed by atoms with E-state index in [4.69, 9.17) is 0 Å². The van der Waals surface area contributed by atoms with Crippen molar-refractivity contribution in [2.75, 3.05) is 11.9 Å². The number of nitrogens with one attached hydrogen (secondary N) is 1. The minimum absolute atomic E-state index is 0.114. The van der Waals surface area contributed by atoms with Crippen LogP contribution in [0.25, 0.3) is 0 Å². The molecule has 0 saturated heterocycles. The Kier molecular flexibility index (Phi) is 4.85. The highest BCUT2D eigenvalue weighted by molar-refractivity contribution is 7.10. The highest BCUT2D eigenvalue weighted by Gasteiger charge is 2.13. The SMILES string of the molecule is CCCN(Cc1ccccc1)C(=O)Nc1cnns1. The lowest BCUT2D eigenvalue weighted by Crippen LogP contribution is -2.34. The molecule has 0 radical (unpaired) electrons. The van der Waals surface area contributed by atoms with Crippen molar-refractivity contribution in [3.63, 3.8) is 0 Å². The molecular formula is C13H16N4OS. The van der Waals surface area contributed by atoms with Crippen molar-refractivity contribution in [2.45, 2.75) is 19.9 Å². The highest BCUT2D eigenvalue weighted by atomic mass is 32.1. The summed E-state index contributed by atoms with van der Waals surface area (Å²) in [6.45, 7) is 3.37. The summed E-state index contributed by atoms with van der Waals surface area (Å²) < 4.78 is 3.72. The molecule has 19 heavy (non-hydrogen) atoms. The van der Waals surface area contributed by atoms with Gasteiger partial charge >= 0.3 is 6.03 Å². The van der Waals surface area contributed by atoms with E-state index in [-0.39, 0.29) is 6.03 Å². The molecule has 1 aromatic heterocycles. The second kappa shape index (κ2) is 6.84. The van der Waals surface area contributed by atoms with Gasteiger partial charge in [0.2, 0.25) is 0 Å². The third-order valence-corrected chi connectivity index (χ3v) is 3.17. The molecule has 5 nitrogen and oxygen atoms in total. The van der Waals surface area contributed by atoms with Gasteiger partial charge in [0.25, 0.3) is 0 Å². The molecule has 0 aliphatic carbocycles. The molecule has 2 rings (SSSR count). The Morgan fingerprint density at radius 3 is 2.79 bits per heavy atom. The Hall–Kier alpha value is -1.95. The van der Waals surface area contributed by atoms with Crippen molar-refractivity contribution >= 4 is 22.6 Å². The lowest BCUT2D eigenvalue weighted by molar-refractivity contribution is 0.209. The van der Waals surface area contributed by atoms with Crippen LogP contribution in [0.15, 0.2) is 36.5 Å². The molecular weight excluding hydrogens is 260 g/mol. The fourth-order valence-electron chi connectivity index (χ4n) is 1.73. The van der Waals surface area contributed by atoms with Gasteiger partial charge in [-0.2, -0.15) is 0 Å². The molecule has 0 aliphatic heterocycles. The number of carbonyl (C=O) groups is 1. The van der Waals surface area contributed by atoms with Gasteiger partial charge in [0.05, 0.1) is 6.20 Å². The second-order valence-electron chi connectivity index (χ2n) is 4.12. The smallest absolute Gasteiger partial charge is 0.320 e. The summed E-state index contributed by atoms with van der Waals surface area (Å²) in [6, 6.07) is 9.84. The molecule has 100 valence electrons. The van der Waals surface area contributed by atoms with E-state index in [1.54, 1.807) is 11.1 Å². The van der Waals surface area contributed by atoms with Crippen LogP contribution in [0.4, 0.5) is 9.80 Å². The van der Waals surface area contributed by atoms with Crippen LogP contribution in [-0.4, -0.2) is 27.1 Å². The lowest BCUT2D eigenvalue weighted by Gasteiger charge is -2.22. The zero-order valence-electron chi connectivity index (χ0n) is 10.7. The molecule has 0 aliphatic rings. The maximum atomic E-state index is 12.2.